The van der Waals surface area contributed by atoms with Crippen LogP contribution >= 0.6 is 15.9 Å². The maximum Gasteiger partial charge on any atom is 0.166 e. The van der Waals surface area contributed by atoms with Crippen molar-refractivity contribution in [2.75, 3.05) is 0 Å². The van der Waals surface area contributed by atoms with Gasteiger partial charge in [0.25, 0.3) is 0 Å². The van der Waals surface area contributed by atoms with Crippen molar-refractivity contribution in [3.05, 3.63) is 51.8 Å². The lowest BCUT2D eigenvalue weighted by Gasteiger charge is -2.18. The molecule has 0 spiro atoms. The number of ketones is 1. The van der Waals surface area contributed by atoms with E-state index in [9.17, 15) is 4.79 Å². The number of halogens is 1. The van der Waals surface area contributed by atoms with Crippen LogP contribution in [0.1, 0.15) is 48.7 Å². The van der Waals surface area contributed by atoms with Gasteiger partial charge in [-0.15, -0.1) is 0 Å². The molecule has 0 fully saturated rings. The molecule has 0 radical (unpaired) electrons. The van der Waals surface area contributed by atoms with Gasteiger partial charge in [-0.05, 0) is 57.4 Å². The molecule has 1 heterocycles. The monoisotopic (exact) mass is 348 g/mol. The Morgan fingerprint density at radius 3 is 2.62 bits per heavy atom. The smallest absolute Gasteiger partial charge is 0.166 e. The summed E-state index contributed by atoms with van der Waals surface area (Å²) in [5.74, 6) is 0.146. The van der Waals surface area contributed by atoms with Gasteiger partial charge in [-0.25, -0.2) is 0 Å². The van der Waals surface area contributed by atoms with E-state index in [0.29, 0.717) is 12.0 Å². The van der Waals surface area contributed by atoms with Crippen molar-refractivity contribution in [3.63, 3.8) is 0 Å². The number of Topliss-reactive ketones (excluding diaryl/α,β-unsaturated/α-hetero) is 1. The van der Waals surface area contributed by atoms with E-state index in [1.807, 2.05) is 16.9 Å². The van der Waals surface area contributed by atoms with Gasteiger partial charge >= 0.3 is 0 Å². The largest absolute Gasteiger partial charge is 0.294 e. The summed E-state index contributed by atoms with van der Waals surface area (Å²) < 4.78 is 2.91. The molecular formula is C17H21BrN2O. The molecule has 0 aliphatic heterocycles. The molecule has 0 aliphatic carbocycles. The van der Waals surface area contributed by atoms with Crippen LogP contribution in [0.4, 0.5) is 0 Å². The van der Waals surface area contributed by atoms with Crippen LogP contribution in [0.15, 0.2) is 35.1 Å². The lowest BCUT2D eigenvalue weighted by atomic mass is 10.0. The average Bonchev–Trinajstić information content (AvgIpc) is 2.87. The Balaban J connectivity index is 2.03. The molecule has 0 aliphatic rings. The third-order valence-corrected chi connectivity index (χ3v) is 4.01. The van der Waals surface area contributed by atoms with E-state index in [1.165, 1.54) is 11.1 Å². The fraction of sp³-hybridized carbons (Fsp3) is 0.412. The van der Waals surface area contributed by atoms with Crippen molar-refractivity contribution in [2.45, 2.75) is 46.1 Å². The van der Waals surface area contributed by atoms with Crippen LogP contribution in [0.2, 0.25) is 0 Å². The van der Waals surface area contributed by atoms with E-state index in [-0.39, 0.29) is 11.3 Å². The zero-order valence-electron chi connectivity index (χ0n) is 13.0. The Hall–Kier alpha value is -1.42. The molecule has 0 N–H and O–H groups in total. The van der Waals surface area contributed by atoms with Crippen molar-refractivity contribution in [3.8, 4) is 0 Å². The number of carbonyl (C=O) groups is 1. The van der Waals surface area contributed by atoms with Crippen molar-refractivity contribution < 1.29 is 4.79 Å². The van der Waals surface area contributed by atoms with Gasteiger partial charge in [0.15, 0.2) is 5.78 Å². The Bertz CT molecular complexity index is 653. The topological polar surface area (TPSA) is 34.9 Å². The number of hydrogen-bond acceptors (Lipinski definition) is 2. The summed E-state index contributed by atoms with van der Waals surface area (Å²) in [6.45, 7) is 8.28. The summed E-state index contributed by atoms with van der Waals surface area (Å²) in [6.07, 6.45) is 4.79. The Morgan fingerprint density at radius 1 is 1.33 bits per heavy atom. The zero-order chi connectivity index (χ0) is 15.6. The molecule has 1 aromatic heterocycles. The fourth-order valence-electron chi connectivity index (χ4n) is 2.17. The van der Waals surface area contributed by atoms with Crippen molar-refractivity contribution >= 4 is 21.7 Å². The fourth-order valence-corrected chi connectivity index (χ4v) is 2.64. The number of hydrogen-bond donors (Lipinski definition) is 0. The van der Waals surface area contributed by atoms with Gasteiger partial charge in [0.2, 0.25) is 0 Å². The van der Waals surface area contributed by atoms with E-state index in [4.69, 9.17) is 0 Å². The highest BCUT2D eigenvalue weighted by Gasteiger charge is 2.16. The van der Waals surface area contributed by atoms with Gasteiger partial charge in [0.05, 0.1) is 17.3 Å². The van der Waals surface area contributed by atoms with Crippen LogP contribution in [-0.2, 0) is 12.0 Å². The van der Waals surface area contributed by atoms with E-state index in [2.05, 4.69) is 60.9 Å². The van der Waals surface area contributed by atoms with Gasteiger partial charge in [0.1, 0.15) is 0 Å². The predicted molar refractivity (Wildman–Crippen MR) is 88.8 cm³/mol. The molecule has 0 atom stereocenters. The predicted octanol–water partition coefficient (Wildman–Crippen LogP) is 4.52. The van der Waals surface area contributed by atoms with Gasteiger partial charge in [-0.3, -0.25) is 9.48 Å². The molecular weight excluding hydrogens is 328 g/mol. The van der Waals surface area contributed by atoms with Crippen LogP contribution in [-0.4, -0.2) is 15.6 Å². The van der Waals surface area contributed by atoms with E-state index >= 15 is 0 Å². The van der Waals surface area contributed by atoms with E-state index in [1.54, 1.807) is 6.20 Å². The number of aromatic nitrogens is 2. The van der Waals surface area contributed by atoms with Crippen LogP contribution in [0, 0.1) is 6.92 Å². The van der Waals surface area contributed by atoms with Crippen molar-refractivity contribution in [1.29, 1.82) is 0 Å². The molecule has 0 amide bonds. The molecule has 1 aromatic carbocycles. The summed E-state index contributed by atoms with van der Waals surface area (Å²) in [6, 6.07) is 6.17. The third kappa shape index (κ3) is 4.03. The van der Waals surface area contributed by atoms with Gasteiger partial charge in [-0.1, -0.05) is 22.0 Å². The number of benzene rings is 1. The second-order valence-electron chi connectivity index (χ2n) is 6.34. The molecule has 0 saturated carbocycles. The molecule has 0 saturated heterocycles. The van der Waals surface area contributed by atoms with Crippen LogP contribution in [0.25, 0.3) is 0 Å². The second-order valence-corrected chi connectivity index (χ2v) is 7.25. The van der Waals surface area contributed by atoms with Gasteiger partial charge in [0, 0.05) is 17.1 Å². The highest BCUT2D eigenvalue weighted by Crippen LogP contribution is 2.19. The van der Waals surface area contributed by atoms with E-state index < -0.39 is 0 Å². The van der Waals surface area contributed by atoms with Crippen LogP contribution < -0.4 is 0 Å². The average molecular weight is 349 g/mol. The maximum atomic E-state index is 12.3. The third-order valence-electron chi connectivity index (χ3n) is 3.52. The molecule has 4 heteroatoms. The molecule has 0 unspecified atom stereocenters. The standard InChI is InChI=1S/C17H21BrN2O/c1-12-9-15(18)7-5-13(12)6-8-16(21)14-10-19-20(11-14)17(2,3)4/h5,7,9-11H,6,8H2,1-4H3. The summed E-state index contributed by atoms with van der Waals surface area (Å²) in [7, 11) is 0. The molecule has 2 rings (SSSR count). The minimum atomic E-state index is -0.0964. The molecule has 2 aromatic rings. The van der Waals surface area contributed by atoms with Crippen molar-refractivity contribution in [1.82, 2.24) is 9.78 Å². The molecule has 0 bridgehead atoms. The highest BCUT2D eigenvalue weighted by molar-refractivity contribution is 9.10. The maximum absolute atomic E-state index is 12.3. The first-order chi connectivity index (χ1) is 9.77. The van der Waals surface area contributed by atoms with Gasteiger partial charge in [-0.2, -0.15) is 5.10 Å². The summed E-state index contributed by atoms with van der Waals surface area (Å²) in [4.78, 5) is 12.3. The normalized spacial score (nSPS) is 11.7. The first kappa shape index (κ1) is 16.0. The number of nitrogens with zero attached hydrogens (tertiary/aromatic N) is 2. The molecule has 112 valence electrons. The SMILES string of the molecule is Cc1cc(Br)ccc1CCC(=O)c1cnn(C(C)(C)C)c1. The van der Waals surface area contributed by atoms with E-state index in [0.717, 1.165) is 10.9 Å². The lowest BCUT2D eigenvalue weighted by Crippen LogP contribution is -2.22. The lowest BCUT2D eigenvalue weighted by molar-refractivity contribution is 0.0982. The zero-order valence-corrected chi connectivity index (χ0v) is 14.6. The quantitative estimate of drug-likeness (QED) is 0.761. The Labute approximate surface area is 134 Å². The highest BCUT2D eigenvalue weighted by atomic mass is 79.9. The first-order valence-corrected chi connectivity index (χ1v) is 7.90. The minimum absolute atomic E-state index is 0.0964. The second kappa shape index (κ2) is 6.14. The van der Waals surface area contributed by atoms with Crippen molar-refractivity contribution in [2.24, 2.45) is 0 Å². The minimum Gasteiger partial charge on any atom is -0.294 e. The molecule has 3 nitrogen and oxygen atoms in total. The summed E-state index contributed by atoms with van der Waals surface area (Å²) >= 11 is 3.46. The first-order valence-electron chi connectivity index (χ1n) is 7.11. The van der Waals surface area contributed by atoms with Crippen LogP contribution in [0.5, 0.6) is 0 Å². The number of aryl methyl sites for hydroxylation is 2. The summed E-state index contributed by atoms with van der Waals surface area (Å²) in [5.41, 5.74) is 3.03. The van der Waals surface area contributed by atoms with Gasteiger partial charge < -0.3 is 0 Å². The summed E-state index contributed by atoms with van der Waals surface area (Å²) in [5, 5.41) is 4.28. The molecule has 21 heavy (non-hydrogen) atoms. The number of carbonyl (C=O) groups excluding carboxylic acids is 1. The Morgan fingerprint density at radius 2 is 2.05 bits per heavy atom. The number of rotatable bonds is 4. The van der Waals surface area contributed by atoms with Crippen LogP contribution in [0.3, 0.4) is 0 Å². The Kier molecular flexibility index (Phi) is 4.67.